The third-order valence-corrected chi connectivity index (χ3v) is 6.96. The van der Waals surface area contributed by atoms with E-state index < -0.39 is 0 Å². The Morgan fingerprint density at radius 1 is 1.14 bits per heavy atom. The Morgan fingerprint density at radius 3 is 2.77 bits per heavy atom. The number of nitrogens with zero attached hydrogens (tertiary/aromatic N) is 1. The Hall–Kier alpha value is -0.0800. The first-order chi connectivity index (χ1) is 10.7. The number of alkyl halides is 1. The highest BCUT2D eigenvalue weighted by Gasteiger charge is 2.58. The van der Waals surface area contributed by atoms with Gasteiger partial charge in [0.05, 0.1) is 0 Å². The Kier molecular flexibility index (Phi) is 5.50. The maximum atomic E-state index is 12.8. The highest BCUT2D eigenvalue weighted by Crippen LogP contribution is 2.53. The van der Waals surface area contributed by atoms with Crippen LogP contribution in [0.5, 0.6) is 0 Å². The van der Waals surface area contributed by atoms with Crippen LogP contribution in [0.3, 0.4) is 0 Å². The van der Waals surface area contributed by atoms with Crippen LogP contribution in [-0.4, -0.2) is 34.2 Å². The van der Waals surface area contributed by atoms with Gasteiger partial charge in [-0.15, -0.1) is 11.6 Å². The van der Waals surface area contributed by atoms with Crippen LogP contribution < -0.4 is 0 Å². The molecule has 2 saturated heterocycles. The van der Waals surface area contributed by atoms with Gasteiger partial charge in [-0.05, 0) is 32.1 Å². The summed E-state index contributed by atoms with van der Waals surface area (Å²) >= 11 is 6.31. The third-order valence-electron chi connectivity index (χ3n) is 6.61. The molecule has 2 aliphatic heterocycles. The van der Waals surface area contributed by atoms with Gasteiger partial charge in [-0.2, -0.15) is 0 Å². The van der Waals surface area contributed by atoms with Crippen molar-refractivity contribution >= 4 is 17.4 Å². The summed E-state index contributed by atoms with van der Waals surface area (Å²) < 4.78 is 0. The van der Waals surface area contributed by atoms with Crippen molar-refractivity contribution in [3.63, 3.8) is 0 Å². The zero-order chi connectivity index (χ0) is 15.6. The average Bonchev–Trinajstić information content (AvgIpc) is 2.90. The summed E-state index contributed by atoms with van der Waals surface area (Å²) in [5.74, 6) is 1.64. The second-order valence-electron chi connectivity index (χ2n) is 7.83. The number of carbonyl (C=O) groups is 1. The van der Waals surface area contributed by atoms with Gasteiger partial charge in [-0.3, -0.25) is 9.69 Å². The number of hydrogen-bond acceptors (Lipinski definition) is 2. The van der Waals surface area contributed by atoms with Crippen LogP contribution in [0.15, 0.2) is 0 Å². The topological polar surface area (TPSA) is 20.3 Å². The minimum Gasteiger partial charge on any atom is -0.299 e. The van der Waals surface area contributed by atoms with Crippen LogP contribution in [0.4, 0.5) is 0 Å². The van der Waals surface area contributed by atoms with Gasteiger partial charge in [0, 0.05) is 35.8 Å². The van der Waals surface area contributed by atoms with E-state index in [0.29, 0.717) is 23.8 Å². The maximum Gasteiger partial charge on any atom is 0.139 e. The lowest BCUT2D eigenvalue weighted by Crippen LogP contribution is -2.64. The van der Waals surface area contributed by atoms with Crippen molar-refractivity contribution in [3.05, 3.63) is 0 Å². The number of piperidine rings is 1. The van der Waals surface area contributed by atoms with E-state index in [1.165, 1.54) is 64.2 Å². The summed E-state index contributed by atoms with van der Waals surface area (Å²) in [6.07, 6.45) is 14.5. The van der Waals surface area contributed by atoms with Crippen molar-refractivity contribution in [2.75, 3.05) is 5.88 Å². The molecule has 0 amide bonds. The molecular formula is C19H32ClNO. The van der Waals surface area contributed by atoms with Crippen molar-refractivity contribution in [2.24, 2.45) is 5.92 Å². The van der Waals surface area contributed by atoms with Crippen molar-refractivity contribution in [3.8, 4) is 0 Å². The summed E-state index contributed by atoms with van der Waals surface area (Å²) in [5, 5.41) is 0. The molecule has 2 nitrogen and oxygen atoms in total. The Bertz CT molecular complexity index is 399. The standard InChI is InChI=1S/C19H32ClNO/c1-2-3-4-5-8-15-13-18(22)17-9-6-7-11-19(17)12-10-16(14-20)21(15)19/h15-17H,2-14H2,1H3/t15-,16+,17?,19+/m0/s1. The minimum absolute atomic E-state index is 0.197. The number of ketones is 1. The Labute approximate surface area is 141 Å². The van der Waals surface area contributed by atoms with Crippen LogP contribution in [0.2, 0.25) is 0 Å². The summed E-state index contributed by atoms with van der Waals surface area (Å²) in [7, 11) is 0. The molecule has 126 valence electrons. The number of unbranched alkanes of at least 4 members (excludes halogenated alkanes) is 3. The van der Waals surface area contributed by atoms with Gasteiger partial charge in [0.2, 0.25) is 0 Å². The molecule has 0 aromatic heterocycles. The highest BCUT2D eigenvalue weighted by molar-refractivity contribution is 6.18. The van der Waals surface area contributed by atoms with E-state index in [4.69, 9.17) is 11.6 Å². The van der Waals surface area contributed by atoms with Gasteiger partial charge >= 0.3 is 0 Å². The van der Waals surface area contributed by atoms with Gasteiger partial charge < -0.3 is 0 Å². The van der Waals surface area contributed by atoms with Crippen molar-refractivity contribution in [2.45, 2.75) is 102 Å². The lowest BCUT2D eigenvalue weighted by Gasteiger charge is -2.55. The molecule has 1 spiro atoms. The number of hydrogen-bond donors (Lipinski definition) is 0. The first-order valence-electron chi connectivity index (χ1n) is 9.60. The largest absolute Gasteiger partial charge is 0.299 e. The van der Waals surface area contributed by atoms with Crippen LogP contribution in [0, 0.1) is 5.92 Å². The molecule has 3 fully saturated rings. The molecule has 1 aliphatic carbocycles. The van der Waals surface area contributed by atoms with Gasteiger partial charge in [0.1, 0.15) is 5.78 Å². The Balaban J connectivity index is 1.77. The van der Waals surface area contributed by atoms with E-state index >= 15 is 0 Å². The van der Waals surface area contributed by atoms with Crippen LogP contribution in [0.25, 0.3) is 0 Å². The second-order valence-corrected chi connectivity index (χ2v) is 8.14. The molecule has 3 aliphatic rings. The Morgan fingerprint density at radius 2 is 2.00 bits per heavy atom. The minimum atomic E-state index is 0.197. The van der Waals surface area contributed by atoms with E-state index in [9.17, 15) is 4.79 Å². The molecule has 0 aromatic rings. The van der Waals surface area contributed by atoms with Crippen LogP contribution in [0.1, 0.15) is 84.0 Å². The maximum absolute atomic E-state index is 12.8. The summed E-state index contributed by atoms with van der Waals surface area (Å²) in [4.78, 5) is 15.6. The SMILES string of the molecule is CCCCCC[C@H]1CC(=O)C2CCCC[C@@]23CC[C@H](CCl)N13. The summed E-state index contributed by atoms with van der Waals surface area (Å²) in [6.45, 7) is 2.26. The predicted octanol–water partition coefficient (Wildman–Crippen LogP) is 4.93. The average molecular weight is 326 g/mol. The molecule has 0 aromatic carbocycles. The molecule has 0 N–H and O–H groups in total. The number of carbonyl (C=O) groups excluding carboxylic acids is 1. The molecular weight excluding hydrogens is 294 g/mol. The van der Waals surface area contributed by atoms with Crippen molar-refractivity contribution < 1.29 is 4.79 Å². The van der Waals surface area contributed by atoms with E-state index in [1.807, 2.05) is 0 Å². The van der Waals surface area contributed by atoms with Crippen LogP contribution in [-0.2, 0) is 4.79 Å². The lowest BCUT2D eigenvalue weighted by molar-refractivity contribution is -0.142. The monoisotopic (exact) mass is 325 g/mol. The van der Waals surface area contributed by atoms with E-state index in [0.717, 1.165) is 18.7 Å². The fraction of sp³-hybridized carbons (Fsp3) is 0.947. The zero-order valence-corrected chi connectivity index (χ0v) is 14.9. The first kappa shape index (κ1) is 16.8. The molecule has 22 heavy (non-hydrogen) atoms. The zero-order valence-electron chi connectivity index (χ0n) is 14.2. The molecule has 1 unspecified atom stereocenters. The van der Waals surface area contributed by atoms with Gasteiger partial charge in [0.25, 0.3) is 0 Å². The fourth-order valence-electron chi connectivity index (χ4n) is 5.67. The van der Waals surface area contributed by atoms with E-state index in [1.54, 1.807) is 0 Å². The summed E-state index contributed by atoms with van der Waals surface area (Å²) in [6, 6.07) is 0.997. The third kappa shape index (κ3) is 2.86. The smallest absolute Gasteiger partial charge is 0.139 e. The number of halogens is 1. The van der Waals surface area contributed by atoms with Gasteiger partial charge in [-0.1, -0.05) is 45.4 Å². The molecule has 1 saturated carbocycles. The molecule has 0 radical (unpaired) electrons. The predicted molar refractivity (Wildman–Crippen MR) is 92.4 cm³/mol. The van der Waals surface area contributed by atoms with Gasteiger partial charge in [0.15, 0.2) is 0 Å². The number of Topliss-reactive ketones (excluding diaryl/α,β-unsaturated/α-hetero) is 1. The fourth-order valence-corrected chi connectivity index (χ4v) is 5.98. The van der Waals surface area contributed by atoms with Crippen molar-refractivity contribution in [1.82, 2.24) is 4.90 Å². The van der Waals surface area contributed by atoms with E-state index in [-0.39, 0.29) is 5.54 Å². The summed E-state index contributed by atoms with van der Waals surface area (Å²) in [5.41, 5.74) is 0.197. The second kappa shape index (κ2) is 7.21. The normalized spacial score (nSPS) is 38.8. The van der Waals surface area contributed by atoms with Gasteiger partial charge in [-0.25, -0.2) is 0 Å². The quantitative estimate of drug-likeness (QED) is 0.509. The molecule has 0 bridgehead atoms. The van der Waals surface area contributed by atoms with Crippen molar-refractivity contribution in [1.29, 1.82) is 0 Å². The van der Waals surface area contributed by atoms with Crippen LogP contribution >= 0.6 is 11.6 Å². The molecule has 3 rings (SSSR count). The molecule has 3 heteroatoms. The number of rotatable bonds is 6. The highest BCUT2D eigenvalue weighted by atomic mass is 35.5. The lowest BCUT2D eigenvalue weighted by atomic mass is 9.65. The van der Waals surface area contributed by atoms with E-state index in [2.05, 4.69) is 11.8 Å². The molecule has 2 heterocycles. The molecule has 4 atom stereocenters. The first-order valence-corrected chi connectivity index (χ1v) is 10.1.